The van der Waals surface area contributed by atoms with Crippen molar-refractivity contribution in [2.75, 3.05) is 41.3 Å². The van der Waals surface area contributed by atoms with Crippen LogP contribution in [0, 0.1) is 12.3 Å². The summed E-state index contributed by atoms with van der Waals surface area (Å²) in [5.74, 6) is 0.0562. The molecule has 0 heterocycles. The van der Waals surface area contributed by atoms with Crippen LogP contribution in [0.2, 0.25) is 0 Å². The Morgan fingerprint density at radius 3 is 2.14 bits per heavy atom. The predicted molar refractivity (Wildman–Crippen MR) is 93.0 cm³/mol. The highest BCUT2D eigenvalue weighted by molar-refractivity contribution is 5.83. The minimum absolute atomic E-state index is 0.0449. The molecule has 4 heteroatoms. The second kappa shape index (κ2) is 7.75. The minimum atomic E-state index is -0.254. The molecule has 4 nitrogen and oxygen atoms in total. The lowest BCUT2D eigenvalue weighted by Crippen LogP contribution is -2.44. The lowest BCUT2D eigenvalue weighted by Gasteiger charge is -2.30. The molecule has 1 aromatic rings. The van der Waals surface area contributed by atoms with Crippen LogP contribution in [0.5, 0.6) is 0 Å². The fourth-order valence-electron chi connectivity index (χ4n) is 2.77. The van der Waals surface area contributed by atoms with Crippen LogP contribution in [-0.4, -0.2) is 57.0 Å². The molecule has 124 valence electrons. The van der Waals surface area contributed by atoms with Crippen molar-refractivity contribution in [1.82, 2.24) is 15.1 Å². The zero-order chi connectivity index (χ0) is 16.9. The summed E-state index contributed by atoms with van der Waals surface area (Å²) in [6.45, 7) is 8.00. The van der Waals surface area contributed by atoms with E-state index in [9.17, 15) is 4.79 Å². The molecule has 0 fully saturated rings. The number of nitrogens with one attached hydrogen (secondary N) is 1. The Morgan fingerprint density at radius 2 is 1.68 bits per heavy atom. The van der Waals surface area contributed by atoms with E-state index in [1.165, 1.54) is 5.56 Å². The lowest BCUT2D eigenvalue weighted by atomic mass is 9.92. The average molecular weight is 305 g/mol. The molecular formula is C18H31N3O. The van der Waals surface area contributed by atoms with Gasteiger partial charge in [0.1, 0.15) is 6.04 Å². The van der Waals surface area contributed by atoms with E-state index in [0.29, 0.717) is 6.54 Å². The Balaban J connectivity index is 2.76. The average Bonchev–Trinajstić information content (AvgIpc) is 2.37. The van der Waals surface area contributed by atoms with Gasteiger partial charge in [0.05, 0.1) is 0 Å². The van der Waals surface area contributed by atoms with Gasteiger partial charge in [0, 0.05) is 13.1 Å². The van der Waals surface area contributed by atoms with Crippen molar-refractivity contribution in [3.05, 3.63) is 35.4 Å². The van der Waals surface area contributed by atoms with Crippen molar-refractivity contribution < 1.29 is 4.79 Å². The summed E-state index contributed by atoms with van der Waals surface area (Å²) in [7, 11) is 7.99. The summed E-state index contributed by atoms with van der Waals surface area (Å²) < 4.78 is 0. The summed E-state index contributed by atoms with van der Waals surface area (Å²) in [5.41, 5.74) is 2.27. The molecular weight excluding hydrogens is 274 g/mol. The molecule has 22 heavy (non-hydrogen) atoms. The first-order chi connectivity index (χ1) is 10.1. The number of hydrogen-bond donors (Lipinski definition) is 1. The number of benzene rings is 1. The van der Waals surface area contributed by atoms with Gasteiger partial charge >= 0.3 is 0 Å². The van der Waals surface area contributed by atoms with Crippen LogP contribution in [0.1, 0.15) is 31.0 Å². The van der Waals surface area contributed by atoms with Crippen LogP contribution in [0.15, 0.2) is 24.3 Å². The van der Waals surface area contributed by atoms with Gasteiger partial charge in [0.25, 0.3) is 0 Å². The van der Waals surface area contributed by atoms with Gasteiger partial charge in [-0.3, -0.25) is 9.69 Å². The van der Waals surface area contributed by atoms with E-state index in [2.05, 4.69) is 57.2 Å². The van der Waals surface area contributed by atoms with Crippen molar-refractivity contribution >= 4 is 5.91 Å². The molecule has 0 aliphatic carbocycles. The molecule has 0 radical (unpaired) electrons. The van der Waals surface area contributed by atoms with Crippen LogP contribution in [0.25, 0.3) is 0 Å². The molecule has 1 amide bonds. The smallest absolute Gasteiger partial charge is 0.241 e. The minimum Gasteiger partial charge on any atom is -0.354 e. The number of amides is 1. The number of carbonyl (C=O) groups is 1. The number of nitrogens with zero attached hydrogens (tertiary/aromatic N) is 2. The van der Waals surface area contributed by atoms with E-state index in [1.54, 1.807) is 0 Å². The van der Waals surface area contributed by atoms with Crippen molar-refractivity contribution in [1.29, 1.82) is 0 Å². The zero-order valence-electron chi connectivity index (χ0n) is 15.1. The molecule has 0 saturated carbocycles. The second-order valence-electron chi connectivity index (χ2n) is 7.40. The molecule has 1 aromatic carbocycles. The summed E-state index contributed by atoms with van der Waals surface area (Å²) in [6.07, 6.45) is 0. The van der Waals surface area contributed by atoms with Gasteiger partial charge in [-0.2, -0.15) is 0 Å². The maximum Gasteiger partial charge on any atom is 0.241 e. The van der Waals surface area contributed by atoms with E-state index in [0.717, 1.165) is 12.1 Å². The summed E-state index contributed by atoms with van der Waals surface area (Å²) in [5, 5.41) is 3.12. The Bertz CT molecular complexity index is 478. The molecule has 0 bridgehead atoms. The van der Waals surface area contributed by atoms with Crippen LogP contribution < -0.4 is 5.32 Å². The van der Waals surface area contributed by atoms with Crippen molar-refractivity contribution in [2.24, 2.45) is 5.41 Å². The molecule has 0 aliphatic heterocycles. The number of hydrogen-bond acceptors (Lipinski definition) is 3. The summed E-state index contributed by atoms with van der Waals surface area (Å²) in [6, 6.07) is 7.91. The Hall–Kier alpha value is -1.39. The maximum absolute atomic E-state index is 12.6. The van der Waals surface area contributed by atoms with Crippen molar-refractivity contribution in [3.8, 4) is 0 Å². The SMILES string of the molecule is Cc1ccc([C@@H](C(=O)NCC(C)(C)CN(C)C)N(C)C)cc1. The lowest BCUT2D eigenvalue weighted by molar-refractivity contribution is -0.126. The van der Waals surface area contributed by atoms with E-state index in [4.69, 9.17) is 0 Å². The van der Waals surface area contributed by atoms with Crippen LogP contribution in [-0.2, 0) is 4.79 Å². The highest BCUT2D eigenvalue weighted by Crippen LogP contribution is 2.20. The molecule has 0 spiro atoms. The van der Waals surface area contributed by atoms with Gasteiger partial charge < -0.3 is 10.2 Å². The molecule has 0 unspecified atom stereocenters. The Kier molecular flexibility index (Phi) is 6.57. The quantitative estimate of drug-likeness (QED) is 0.839. The normalized spacial score (nSPS) is 13.5. The molecule has 1 atom stereocenters. The number of likely N-dealkylation sites (N-methyl/N-ethyl adjacent to an activating group) is 1. The third kappa shape index (κ3) is 5.78. The number of rotatable bonds is 7. The molecule has 1 N–H and O–H groups in total. The summed E-state index contributed by atoms with van der Waals surface area (Å²) >= 11 is 0. The predicted octanol–water partition coefficient (Wildman–Crippen LogP) is 2.30. The topological polar surface area (TPSA) is 35.6 Å². The highest BCUT2D eigenvalue weighted by Gasteiger charge is 2.25. The number of aryl methyl sites for hydroxylation is 1. The standard InChI is InChI=1S/C18H31N3O/c1-14-8-10-15(11-9-14)16(21(6)7)17(22)19-12-18(2,3)13-20(4)5/h8-11,16H,12-13H2,1-7H3,(H,19,22)/t16-/m0/s1. The highest BCUT2D eigenvalue weighted by atomic mass is 16.2. The third-order valence-corrected chi connectivity index (χ3v) is 3.64. The first-order valence-corrected chi connectivity index (χ1v) is 7.78. The Morgan fingerprint density at radius 1 is 1.14 bits per heavy atom. The first-order valence-electron chi connectivity index (χ1n) is 7.78. The Labute approximate surface area is 135 Å². The van der Waals surface area contributed by atoms with Crippen LogP contribution >= 0.6 is 0 Å². The second-order valence-corrected chi connectivity index (χ2v) is 7.40. The van der Waals surface area contributed by atoms with Gasteiger partial charge in [-0.15, -0.1) is 0 Å². The fraction of sp³-hybridized carbons (Fsp3) is 0.611. The zero-order valence-corrected chi connectivity index (χ0v) is 15.1. The third-order valence-electron chi connectivity index (χ3n) is 3.64. The van der Waals surface area contributed by atoms with Gasteiger partial charge in [-0.1, -0.05) is 43.7 Å². The fourth-order valence-corrected chi connectivity index (χ4v) is 2.77. The van der Waals surface area contributed by atoms with E-state index in [-0.39, 0.29) is 17.4 Å². The van der Waals surface area contributed by atoms with Gasteiger partial charge in [0.2, 0.25) is 5.91 Å². The molecule has 0 aromatic heterocycles. The van der Waals surface area contributed by atoms with Crippen LogP contribution in [0.4, 0.5) is 0 Å². The van der Waals surface area contributed by atoms with Crippen molar-refractivity contribution in [3.63, 3.8) is 0 Å². The van der Waals surface area contributed by atoms with Gasteiger partial charge in [-0.25, -0.2) is 0 Å². The maximum atomic E-state index is 12.6. The van der Waals surface area contributed by atoms with Crippen LogP contribution in [0.3, 0.4) is 0 Å². The number of carbonyl (C=O) groups excluding carboxylic acids is 1. The van der Waals surface area contributed by atoms with Gasteiger partial charge in [-0.05, 0) is 46.1 Å². The van der Waals surface area contributed by atoms with E-state index < -0.39 is 0 Å². The summed E-state index contributed by atoms with van der Waals surface area (Å²) in [4.78, 5) is 16.7. The van der Waals surface area contributed by atoms with E-state index >= 15 is 0 Å². The van der Waals surface area contributed by atoms with Gasteiger partial charge in [0.15, 0.2) is 0 Å². The van der Waals surface area contributed by atoms with Crippen molar-refractivity contribution in [2.45, 2.75) is 26.8 Å². The first kappa shape index (κ1) is 18.7. The van der Waals surface area contributed by atoms with E-state index in [1.807, 2.05) is 31.1 Å². The molecule has 1 rings (SSSR count). The largest absolute Gasteiger partial charge is 0.354 e. The molecule has 0 saturated heterocycles. The molecule has 0 aliphatic rings. The monoisotopic (exact) mass is 305 g/mol.